The van der Waals surface area contributed by atoms with Crippen molar-refractivity contribution in [3.05, 3.63) is 114 Å². The van der Waals surface area contributed by atoms with Gasteiger partial charge in [-0.15, -0.1) is 0 Å². The number of anilines is 1. The number of ether oxygens (including phenoxy) is 1. The van der Waals surface area contributed by atoms with E-state index in [4.69, 9.17) is 4.74 Å². The molecule has 1 N–H and O–H groups in total. The number of hydrogen-bond acceptors (Lipinski definition) is 2. The Labute approximate surface area is 178 Å². The second-order valence-corrected chi connectivity index (χ2v) is 8.05. The lowest BCUT2D eigenvalue weighted by Crippen LogP contribution is -2.17. The zero-order valence-corrected chi connectivity index (χ0v) is 17.8. The molecule has 0 aromatic heterocycles. The molecular weight excluding hydrogens is 373 g/mol. The van der Waals surface area contributed by atoms with E-state index in [1.54, 1.807) is 18.3 Å². The normalized spacial score (nSPS) is 11.1. The molecule has 0 fully saturated rings. The fourth-order valence-electron chi connectivity index (χ4n) is 3.18. The van der Waals surface area contributed by atoms with Crippen LogP contribution in [0.4, 0.5) is 10.1 Å². The first-order valence-corrected chi connectivity index (χ1v) is 9.98. The molecule has 0 bridgehead atoms. The Kier molecular flexibility index (Phi) is 6.41. The van der Waals surface area contributed by atoms with Gasteiger partial charge in [0.15, 0.2) is 0 Å². The summed E-state index contributed by atoms with van der Waals surface area (Å²) < 4.78 is 19.1. The SMILES string of the molecule is C=CNc1cc(Cc2ccc(C(C)(C)C(=C)C)cc2)cc(Oc2ccc(F)cc2)c1. The van der Waals surface area contributed by atoms with Crippen LogP contribution in [0.5, 0.6) is 11.5 Å². The molecule has 0 aliphatic rings. The number of nitrogens with one attached hydrogen (secondary N) is 1. The maximum absolute atomic E-state index is 13.2. The third-order valence-corrected chi connectivity index (χ3v) is 5.44. The van der Waals surface area contributed by atoms with Gasteiger partial charge in [0, 0.05) is 17.2 Å². The highest BCUT2D eigenvalue weighted by Gasteiger charge is 2.20. The zero-order valence-electron chi connectivity index (χ0n) is 17.8. The Morgan fingerprint density at radius 3 is 2.23 bits per heavy atom. The first-order valence-electron chi connectivity index (χ1n) is 9.98. The Bertz CT molecular complexity index is 1030. The van der Waals surface area contributed by atoms with Crippen molar-refractivity contribution in [1.29, 1.82) is 0 Å². The summed E-state index contributed by atoms with van der Waals surface area (Å²) in [6.07, 6.45) is 2.40. The summed E-state index contributed by atoms with van der Waals surface area (Å²) in [5, 5.41) is 3.12. The number of halogens is 1. The Morgan fingerprint density at radius 2 is 1.63 bits per heavy atom. The minimum atomic E-state index is -0.289. The van der Waals surface area contributed by atoms with Crippen LogP contribution in [0.2, 0.25) is 0 Å². The topological polar surface area (TPSA) is 21.3 Å². The molecule has 0 atom stereocenters. The van der Waals surface area contributed by atoms with Gasteiger partial charge >= 0.3 is 0 Å². The molecule has 2 nitrogen and oxygen atoms in total. The van der Waals surface area contributed by atoms with E-state index in [-0.39, 0.29) is 11.2 Å². The third-order valence-electron chi connectivity index (χ3n) is 5.44. The predicted octanol–water partition coefficient (Wildman–Crippen LogP) is 7.62. The van der Waals surface area contributed by atoms with Gasteiger partial charge in [-0.2, -0.15) is 0 Å². The molecule has 0 saturated carbocycles. The van der Waals surface area contributed by atoms with Crippen molar-refractivity contribution in [3.63, 3.8) is 0 Å². The van der Waals surface area contributed by atoms with Crippen molar-refractivity contribution >= 4 is 5.69 Å². The molecule has 0 amide bonds. The molecule has 0 spiro atoms. The number of rotatable bonds is 8. The number of hydrogen-bond donors (Lipinski definition) is 1. The van der Waals surface area contributed by atoms with Gasteiger partial charge in [0.05, 0.1) is 0 Å². The fourth-order valence-corrected chi connectivity index (χ4v) is 3.18. The minimum Gasteiger partial charge on any atom is -0.457 e. The standard InChI is InChI=1S/C27H28FNO/c1-6-29-24-16-21(17-26(18-24)30-25-13-11-23(28)12-14-25)15-20-7-9-22(10-8-20)27(4,5)19(2)3/h6-14,16-18,29H,1-2,15H2,3-5H3. The van der Waals surface area contributed by atoms with Gasteiger partial charge in [0.25, 0.3) is 0 Å². The summed E-state index contributed by atoms with van der Waals surface area (Å²) in [5.41, 5.74) is 5.54. The molecule has 0 unspecified atom stereocenters. The Hall–Kier alpha value is -3.33. The third kappa shape index (κ3) is 5.18. The van der Waals surface area contributed by atoms with Gasteiger partial charge in [0.2, 0.25) is 0 Å². The summed E-state index contributed by atoms with van der Waals surface area (Å²) in [4.78, 5) is 0. The number of benzene rings is 3. The molecule has 0 heterocycles. The van der Waals surface area contributed by atoms with E-state index < -0.39 is 0 Å². The molecular formula is C27H28FNO. The van der Waals surface area contributed by atoms with Crippen molar-refractivity contribution in [2.75, 3.05) is 5.32 Å². The molecule has 3 rings (SSSR count). The van der Waals surface area contributed by atoms with E-state index >= 15 is 0 Å². The summed E-state index contributed by atoms with van der Waals surface area (Å²) in [5.74, 6) is 0.983. The first kappa shape index (κ1) is 21.4. The molecule has 3 aromatic carbocycles. The first-order chi connectivity index (χ1) is 14.3. The van der Waals surface area contributed by atoms with Gasteiger partial charge in [-0.05, 0) is 72.6 Å². The quantitative estimate of drug-likeness (QED) is 0.392. The van der Waals surface area contributed by atoms with Gasteiger partial charge in [0.1, 0.15) is 17.3 Å². The monoisotopic (exact) mass is 401 g/mol. The lowest BCUT2D eigenvalue weighted by Gasteiger charge is -2.26. The van der Waals surface area contributed by atoms with Crippen molar-refractivity contribution in [3.8, 4) is 11.5 Å². The Balaban J connectivity index is 1.84. The van der Waals surface area contributed by atoms with Crippen LogP contribution >= 0.6 is 0 Å². The van der Waals surface area contributed by atoms with Crippen LogP contribution in [0.25, 0.3) is 0 Å². The van der Waals surface area contributed by atoms with E-state index in [0.29, 0.717) is 11.5 Å². The van der Waals surface area contributed by atoms with Crippen LogP contribution in [-0.4, -0.2) is 0 Å². The predicted molar refractivity (Wildman–Crippen MR) is 124 cm³/mol. The zero-order chi connectivity index (χ0) is 21.7. The summed E-state index contributed by atoms with van der Waals surface area (Å²) in [6, 6.07) is 20.6. The number of allylic oxidation sites excluding steroid dienone is 1. The molecule has 0 aliphatic heterocycles. The molecule has 30 heavy (non-hydrogen) atoms. The van der Waals surface area contributed by atoms with Crippen molar-refractivity contribution in [2.24, 2.45) is 0 Å². The summed E-state index contributed by atoms with van der Waals surface area (Å²) >= 11 is 0. The highest BCUT2D eigenvalue weighted by atomic mass is 19.1. The van der Waals surface area contributed by atoms with Crippen LogP contribution in [-0.2, 0) is 11.8 Å². The van der Waals surface area contributed by atoms with Crippen LogP contribution in [0.3, 0.4) is 0 Å². The lowest BCUT2D eigenvalue weighted by atomic mass is 9.79. The van der Waals surface area contributed by atoms with Crippen molar-refractivity contribution < 1.29 is 9.13 Å². The molecule has 154 valence electrons. The van der Waals surface area contributed by atoms with E-state index in [1.165, 1.54) is 23.3 Å². The summed E-state index contributed by atoms with van der Waals surface area (Å²) in [7, 11) is 0. The second-order valence-electron chi connectivity index (χ2n) is 8.05. The Morgan fingerprint density at radius 1 is 0.967 bits per heavy atom. The highest BCUT2D eigenvalue weighted by molar-refractivity contribution is 5.54. The van der Waals surface area contributed by atoms with E-state index in [2.05, 4.69) is 69.6 Å². The van der Waals surface area contributed by atoms with Crippen LogP contribution in [0.15, 0.2) is 91.7 Å². The molecule has 0 aliphatic carbocycles. The van der Waals surface area contributed by atoms with Gasteiger partial charge in [-0.25, -0.2) is 4.39 Å². The maximum atomic E-state index is 13.2. The van der Waals surface area contributed by atoms with Gasteiger partial charge in [-0.3, -0.25) is 0 Å². The van der Waals surface area contributed by atoms with Gasteiger partial charge in [-0.1, -0.05) is 56.8 Å². The molecule has 3 heteroatoms. The highest BCUT2D eigenvalue weighted by Crippen LogP contribution is 2.31. The second kappa shape index (κ2) is 9.00. The average molecular weight is 402 g/mol. The van der Waals surface area contributed by atoms with E-state index in [9.17, 15) is 4.39 Å². The largest absolute Gasteiger partial charge is 0.457 e. The van der Waals surface area contributed by atoms with Crippen LogP contribution in [0, 0.1) is 5.82 Å². The minimum absolute atomic E-state index is 0.0531. The fraction of sp³-hybridized carbons (Fsp3) is 0.185. The molecule has 0 saturated heterocycles. The van der Waals surface area contributed by atoms with Crippen LogP contribution < -0.4 is 10.1 Å². The van der Waals surface area contributed by atoms with E-state index in [0.717, 1.165) is 23.2 Å². The van der Waals surface area contributed by atoms with Gasteiger partial charge < -0.3 is 10.1 Å². The average Bonchev–Trinajstić information content (AvgIpc) is 2.70. The smallest absolute Gasteiger partial charge is 0.129 e. The van der Waals surface area contributed by atoms with Crippen molar-refractivity contribution in [1.82, 2.24) is 0 Å². The lowest BCUT2D eigenvalue weighted by molar-refractivity contribution is 0.480. The molecule has 0 radical (unpaired) electrons. The molecule has 3 aromatic rings. The van der Waals surface area contributed by atoms with Crippen LogP contribution in [0.1, 0.15) is 37.5 Å². The summed E-state index contributed by atoms with van der Waals surface area (Å²) in [6.45, 7) is 14.3. The van der Waals surface area contributed by atoms with E-state index in [1.807, 2.05) is 12.1 Å². The maximum Gasteiger partial charge on any atom is 0.129 e. The van der Waals surface area contributed by atoms with Crippen molar-refractivity contribution in [2.45, 2.75) is 32.6 Å².